The standard InChI is InChI=1S/C84H141NO8/c1-6-8-10-12-14-16-18-20-22-24-26-28-30-32-34-35-36-37-38-39-40-41-42-43-44-45-46-47-49-51-53-55-57-59-61-63-65-67-69-71-73-75-82(87)93-80(79-92-84(83(88)89)90-77-76-85(3,4)5)78-91-81(86)74-72-70-68-66-64-62-60-58-56-54-52-50-48-33-31-29-27-25-23-21-19-17-15-13-11-9-7-2/h8-11,14-17,20-23,26-29,32-34,36-37,39-40,48,80,84H,6-7,12-13,18-19,24-25,30-31,35,38,41-47,49-79H2,1-5H3/b10-8-,11-9-,16-14-,17-15-,22-20-,23-21-,28-26-,29-27-,34-32-,37-36-,40-39-,48-33-. The van der Waals surface area contributed by atoms with Gasteiger partial charge in [-0.2, -0.15) is 0 Å². The first-order valence-corrected chi connectivity index (χ1v) is 38.0. The van der Waals surface area contributed by atoms with Crippen LogP contribution in [0.5, 0.6) is 0 Å². The van der Waals surface area contributed by atoms with Crippen molar-refractivity contribution in [3.8, 4) is 0 Å². The van der Waals surface area contributed by atoms with Gasteiger partial charge in [0.1, 0.15) is 13.2 Å². The number of allylic oxidation sites excluding steroid dienone is 24. The Labute approximate surface area is 572 Å². The number of rotatable bonds is 69. The summed E-state index contributed by atoms with van der Waals surface area (Å²) in [5.41, 5.74) is 0. The third-order valence-electron chi connectivity index (χ3n) is 16.1. The number of likely N-dealkylation sites (N-methyl/N-ethyl adjacent to an activating group) is 1. The number of carboxylic acid groups (broad SMARTS) is 1. The minimum absolute atomic E-state index is 0.143. The largest absolute Gasteiger partial charge is 0.545 e. The lowest BCUT2D eigenvalue weighted by Crippen LogP contribution is -2.44. The first-order chi connectivity index (χ1) is 45.6. The first-order valence-electron chi connectivity index (χ1n) is 38.0. The van der Waals surface area contributed by atoms with E-state index in [9.17, 15) is 19.5 Å². The number of carbonyl (C=O) groups excluding carboxylic acids is 3. The van der Waals surface area contributed by atoms with E-state index in [1.54, 1.807) is 0 Å². The van der Waals surface area contributed by atoms with Crippen LogP contribution in [0.15, 0.2) is 146 Å². The second-order valence-electron chi connectivity index (χ2n) is 26.2. The summed E-state index contributed by atoms with van der Waals surface area (Å²) in [5.74, 6) is -2.28. The summed E-state index contributed by atoms with van der Waals surface area (Å²) >= 11 is 0. The van der Waals surface area contributed by atoms with Gasteiger partial charge in [0.15, 0.2) is 12.4 Å². The Hall–Kier alpha value is -4.83. The summed E-state index contributed by atoms with van der Waals surface area (Å²) in [6.45, 7) is 4.53. The third kappa shape index (κ3) is 74.4. The number of carbonyl (C=O) groups is 3. The van der Waals surface area contributed by atoms with Crippen molar-refractivity contribution in [2.75, 3.05) is 47.5 Å². The van der Waals surface area contributed by atoms with Crippen molar-refractivity contribution in [2.45, 2.75) is 322 Å². The zero-order chi connectivity index (χ0) is 67.5. The molecule has 2 unspecified atom stereocenters. The number of carboxylic acids is 1. The van der Waals surface area contributed by atoms with Gasteiger partial charge >= 0.3 is 11.9 Å². The van der Waals surface area contributed by atoms with Gasteiger partial charge in [-0.1, -0.05) is 327 Å². The first kappa shape index (κ1) is 88.2. The Balaban J connectivity index is 4.05. The highest BCUT2D eigenvalue weighted by Gasteiger charge is 2.22. The molecule has 0 fully saturated rings. The van der Waals surface area contributed by atoms with Crippen molar-refractivity contribution < 1.29 is 42.9 Å². The molecule has 0 heterocycles. The SMILES string of the molecule is CC/C=C\C/C=C\C/C=C\C/C=C\C/C=C\C/C=C\C/C=C\CCCCCCCCCCCCCCCCCCCCCC(=O)OC(COC(=O)CCCCCCCCCCCCC/C=C\C/C=C\C/C=C\C/C=C\C/C=C\CC)COC(OCC[N+](C)(C)C)C(=O)[O-]. The van der Waals surface area contributed by atoms with E-state index >= 15 is 0 Å². The van der Waals surface area contributed by atoms with Crippen LogP contribution in [-0.2, 0) is 33.3 Å². The lowest BCUT2D eigenvalue weighted by atomic mass is 10.0. The summed E-state index contributed by atoms with van der Waals surface area (Å²) in [6, 6.07) is 0. The molecule has 0 aliphatic rings. The summed E-state index contributed by atoms with van der Waals surface area (Å²) < 4.78 is 22.8. The van der Waals surface area contributed by atoms with Gasteiger partial charge in [-0.15, -0.1) is 0 Å². The maximum atomic E-state index is 13.0. The monoisotopic (exact) mass is 1290 g/mol. The van der Waals surface area contributed by atoms with E-state index in [0.29, 0.717) is 17.4 Å². The minimum Gasteiger partial charge on any atom is -0.545 e. The van der Waals surface area contributed by atoms with Gasteiger partial charge in [0.2, 0.25) is 0 Å². The molecule has 0 aromatic rings. The molecular weight excluding hydrogens is 1150 g/mol. The zero-order valence-electron chi connectivity index (χ0n) is 60.6. The van der Waals surface area contributed by atoms with Crippen LogP contribution in [-0.4, -0.2) is 82.3 Å². The molecule has 0 aromatic carbocycles. The van der Waals surface area contributed by atoms with Crippen LogP contribution >= 0.6 is 0 Å². The van der Waals surface area contributed by atoms with Crippen LogP contribution in [0, 0.1) is 0 Å². The van der Waals surface area contributed by atoms with Crippen LogP contribution in [0.4, 0.5) is 0 Å². The van der Waals surface area contributed by atoms with Crippen molar-refractivity contribution in [1.82, 2.24) is 0 Å². The third-order valence-corrected chi connectivity index (χ3v) is 16.1. The summed E-state index contributed by atoms with van der Waals surface area (Å²) in [5, 5.41) is 11.8. The lowest BCUT2D eigenvalue weighted by Gasteiger charge is -2.26. The topological polar surface area (TPSA) is 111 Å². The van der Waals surface area contributed by atoms with Crippen LogP contribution in [0.2, 0.25) is 0 Å². The van der Waals surface area contributed by atoms with E-state index in [1.165, 1.54) is 161 Å². The van der Waals surface area contributed by atoms with E-state index in [0.717, 1.165) is 116 Å². The van der Waals surface area contributed by atoms with E-state index in [-0.39, 0.29) is 38.6 Å². The molecule has 0 aliphatic carbocycles. The van der Waals surface area contributed by atoms with Crippen LogP contribution in [0.3, 0.4) is 0 Å². The second-order valence-corrected chi connectivity index (χ2v) is 26.2. The smallest absolute Gasteiger partial charge is 0.306 e. The van der Waals surface area contributed by atoms with Crippen LogP contribution in [0.25, 0.3) is 0 Å². The molecular formula is C84H141NO8. The van der Waals surface area contributed by atoms with E-state index in [4.69, 9.17) is 18.9 Å². The molecule has 93 heavy (non-hydrogen) atoms. The van der Waals surface area contributed by atoms with Gasteiger partial charge in [-0.25, -0.2) is 0 Å². The molecule has 0 saturated heterocycles. The Morgan fingerprint density at radius 1 is 0.323 bits per heavy atom. The summed E-state index contributed by atoms with van der Waals surface area (Å²) in [4.78, 5) is 37.6. The van der Waals surface area contributed by atoms with E-state index in [2.05, 4.69) is 160 Å². The molecule has 0 N–H and O–H groups in total. The fraction of sp³-hybridized carbons (Fsp3) is 0.679. The number of hydrogen-bond donors (Lipinski definition) is 0. The zero-order valence-corrected chi connectivity index (χ0v) is 60.6. The highest BCUT2D eigenvalue weighted by Crippen LogP contribution is 2.18. The Morgan fingerprint density at radius 2 is 0.581 bits per heavy atom. The normalized spacial score (nSPS) is 13.5. The Morgan fingerprint density at radius 3 is 0.860 bits per heavy atom. The van der Waals surface area contributed by atoms with Crippen molar-refractivity contribution in [2.24, 2.45) is 0 Å². The number of nitrogens with zero attached hydrogens (tertiary/aromatic N) is 1. The van der Waals surface area contributed by atoms with Crippen molar-refractivity contribution in [3.63, 3.8) is 0 Å². The summed E-state index contributed by atoms with van der Waals surface area (Å²) in [6.07, 6.45) is 104. The Kier molecular flexibility index (Phi) is 69.2. The van der Waals surface area contributed by atoms with Crippen molar-refractivity contribution in [1.29, 1.82) is 0 Å². The number of ether oxygens (including phenoxy) is 4. The number of aliphatic carboxylic acids is 1. The van der Waals surface area contributed by atoms with E-state index in [1.807, 2.05) is 21.1 Å². The molecule has 2 atom stereocenters. The Bertz CT molecular complexity index is 2040. The average molecular weight is 1290 g/mol. The molecule has 9 heteroatoms. The molecule has 0 aliphatic heterocycles. The fourth-order valence-corrected chi connectivity index (χ4v) is 10.4. The van der Waals surface area contributed by atoms with Gasteiger partial charge < -0.3 is 33.3 Å². The molecule has 530 valence electrons. The fourth-order valence-electron chi connectivity index (χ4n) is 10.4. The van der Waals surface area contributed by atoms with Gasteiger partial charge in [-0.3, -0.25) is 9.59 Å². The number of unbranched alkanes of at least 4 members (excludes halogenated alkanes) is 30. The van der Waals surface area contributed by atoms with Crippen LogP contribution < -0.4 is 5.11 Å². The highest BCUT2D eigenvalue weighted by molar-refractivity contribution is 5.70. The van der Waals surface area contributed by atoms with Crippen molar-refractivity contribution >= 4 is 17.9 Å². The van der Waals surface area contributed by atoms with Gasteiger partial charge in [0, 0.05) is 12.8 Å². The van der Waals surface area contributed by atoms with Crippen molar-refractivity contribution in [3.05, 3.63) is 146 Å². The second kappa shape index (κ2) is 73.0. The van der Waals surface area contributed by atoms with Gasteiger partial charge in [0.05, 0.1) is 40.3 Å². The highest BCUT2D eigenvalue weighted by atomic mass is 16.7. The van der Waals surface area contributed by atoms with Gasteiger partial charge in [0.25, 0.3) is 0 Å². The van der Waals surface area contributed by atoms with E-state index < -0.39 is 24.3 Å². The predicted octanol–water partition coefficient (Wildman–Crippen LogP) is 22.9. The van der Waals surface area contributed by atoms with Crippen LogP contribution in [0.1, 0.15) is 309 Å². The maximum Gasteiger partial charge on any atom is 0.306 e. The molecule has 0 saturated carbocycles. The number of esters is 2. The predicted molar refractivity (Wildman–Crippen MR) is 398 cm³/mol. The molecule has 0 aromatic heterocycles. The number of hydrogen-bond acceptors (Lipinski definition) is 8. The minimum atomic E-state index is -1.63. The molecule has 0 bridgehead atoms. The average Bonchev–Trinajstić information content (AvgIpc) is 3.38. The maximum absolute atomic E-state index is 13.0. The number of quaternary nitrogens is 1. The molecule has 0 rings (SSSR count). The molecule has 9 nitrogen and oxygen atoms in total. The molecule has 0 amide bonds. The lowest BCUT2D eigenvalue weighted by molar-refractivity contribution is -0.870. The quantitative estimate of drug-likeness (QED) is 0.0195. The van der Waals surface area contributed by atoms with Gasteiger partial charge in [-0.05, 0) is 116 Å². The molecule has 0 radical (unpaired) electrons. The molecule has 0 spiro atoms. The summed E-state index contributed by atoms with van der Waals surface area (Å²) in [7, 11) is 5.93.